The molecule has 1 aromatic carbocycles. The van der Waals surface area contributed by atoms with Crippen molar-refractivity contribution >= 4 is 28.0 Å². The number of halogens is 1. The topological polar surface area (TPSA) is 85.3 Å². The van der Waals surface area contributed by atoms with Gasteiger partial charge in [-0.1, -0.05) is 0 Å². The molecule has 1 fully saturated rings. The number of rotatable bonds is 4. The third-order valence-corrected chi connectivity index (χ3v) is 4.23. The molecule has 1 aliphatic heterocycles. The number of carboxylic acids is 1. The smallest absolute Gasteiger partial charge is 0.411 e. The fourth-order valence-electron chi connectivity index (χ4n) is 2.52. The number of hydrogen-bond donors (Lipinski definition) is 1. The SMILES string of the molecule is COc1ccc(O[C@H]2C[C@@H](C(=O)O)N(C(=O)OC(C)(C)C)C2)c(Br)c1. The van der Waals surface area contributed by atoms with E-state index in [1.165, 1.54) is 4.90 Å². The molecule has 0 aliphatic carbocycles. The number of carbonyl (C=O) groups excluding carboxylic acids is 1. The van der Waals surface area contributed by atoms with Gasteiger partial charge in [-0.3, -0.25) is 4.90 Å². The Kier molecular flexibility index (Phi) is 5.82. The van der Waals surface area contributed by atoms with Gasteiger partial charge in [-0.25, -0.2) is 9.59 Å². The Bertz CT molecular complexity index is 657. The molecule has 1 heterocycles. The van der Waals surface area contributed by atoms with Crippen LogP contribution in [0.5, 0.6) is 11.5 Å². The van der Waals surface area contributed by atoms with Crippen LogP contribution in [-0.2, 0) is 9.53 Å². The van der Waals surface area contributed by atoms with Crippen molar-refractivity contribution in [2.75, 3.05) is 13.7 Å². The molecule has 1 aliphatic rings. The Labute approximate surface area is 155 Å². The van der Waals surface area contributed by atoms with Crippen molar-refractivity contribution in [1.29, 1.82) is 0 Å². The lowest BCUT2D eigenvalue weighted by Crippen LogP contribution is -2.43. The number of hydrogen-bond acceptors (Lipinski definition) is 5. The van der Waals surface area contributed by atoms with Crippen LogP contribution in [0.1, 0.15) is 27.2 Å². The Balaban J connectivity index is 2.11. The van der Waals surface area contributed by atoms with Gasteiger partial charge in [0.25, 0.3) is 0 Å². The Hall–Kier alpha value is -1.96. The van der Waals surface area contributed by atoms with Gasteiger partial charge in [-0.15, -0.1) is 0 Å². The number of aliphatic carboxylic acids is 1. The van der Waals surface area contributed by atoms with Crippen molar-refractivity contribution in [2.45, 2.75) is 44.9 Å². The van der Waals surface area contributed by atoms with Crippen LogP contribution in [0.25, 0.3) is 0 Å². The van der Waals surface area contributed by atoms with E-state index in [9.17, 15) is 14.7 Å². The van der Waals surface area contributed by atoms with E-state index >= 15 is 0 Å². The molecule has 2 rings (SSSR count). The number of carbonyl (C=O) groups is 2. The van der Waals surface area contributed by atoms with Crippen molar-refractivity contribution in [3.63, 3.8) is 0 Å². The minimum Gasteiger partial charge on any atom is -0.497 e. The van der Waals surface area contributed by atoms with E-state index in [-0.39, 0.29) is 13.0 Å². The van der Waals surface area contributed by atoms with Crippen molar-refractivity contribution < 1.29 is 28.9 Å². The second-order valence-corrected chi connectivity index (χ2v) is 7.61. The highest BCUT2D eigenvalue weighted by molar-refractivity contribution is 9.10. The molecule has 138 valence electrons. The highest BCUT2D eigenvalue weighted by atomic mass is 79.9. The standard InChI is InChI=1S/C17H22BrNO6/c1-17(2,3)25-16(22)19-9-11(8-13(19)15(20)21)24-14-6-5-10(23-4)7-12(14)18/h5-7,11,13H,8-9H2,1-4H3,(H,20,21)/t11-,13-/m0/s1. The molecule has 8 heteroatoms. The maximum absolute atomic E-state index is 12.3. The summed E-state index contributed by atoms with van der Waals surface area (Å²) in [5.74, 6) is 0.149. The molecule has 25 heavy (non-hydrogen) atoms. The van der Waals surface area contributed by atoms with Crippen LogP contribution in [0, 0.1) is 0 Å². The molecule has 0 radical (unpaired) electrons. The van der Waals surface area contributed by atoms with Crippen LogP contribution in [0.4, 0.5) is 4.79 Å². The molecule has 1 aromatic rings. The minimum atomic E-state index is -1.08. The summed E-state index contributed by atoms with van der Waals surface area (Å²) in [5.41, 5.74) is -0.696. The summed E-state index contributed by atoms with van der Waals surface area (Å²) in [6.45, 7) is 5.35. The Morgan fingerprint density at radius 2 is 2.00 bits per heavy atom. The van der Waals surface area contributed by atoms with E-state index in [4.69, 9.17) is 14.2 Å². The zero-order chi connectivity index (χ0) is 18.8. The number of methoxy groups -OCH3 is 1. The van der Waals surface area contributed by atoms with Crippen LogP contribution >= 0.6 is 15.9 Å². The van der Waals surface area contributed by atoms with E-state index in [0.29, 0.717) is 16.0 Å². The first-order valence-electron chi connectivity index (χ1n) is 7.83. The van der Waals surface area contributed by atoms with Gasteiger partial charge in [0.1, 0.15) is 29.2 Å². The van der Waals surface area contributed by atoms with Gasteiger partial charge in [0, 0.05) is 6.42 Å². The number of likely N-dealkylation sites (tertiary alicyclic amines) is 1. The molecule has 7 nitrogen and oxygen atoms in total. The van der Waals surface area contributed by atoms with Crippen molar-refractivity contribution in [1.82, 2.24) is 4.90 Å². The fraction of sp³-hybridized carbons (Fsp3) is 0.529. The van der Waals surface area contributed by atoms with Gasteiger partial charge in [0.2, 0.25) is 0 Å². The predicted molar refractivity (Wildman–Crippen MR) is 94.1 cm³/mol. The summed E-state index contributed by atoms with van der Waals surface area (Å²) in [6, 6.07) is 4.26. The summed E-state index contributed by atoms with van der Waals surface area (Å²) < 4.78 is 17.0. The Morgan fingerprint density at radius 3 is 2.52 bits per heavy atom. The quantitative estimate of drug-likeness (QED) is 0.811. The van der Waals surface area contributed by atoms with Crippen LogP contribution < -0.4 is 9.47 Å². The summed E-state index contributed by atoms with van der Waals surface area (Å²) in [4.78, 5) is 25.0. The van der Waals surface area contributed by atoms with E-state index in [1.54, 1.807) is 46.1 Å². The van der Waals surface area contributed by atoms with Gasteiger partial charge < -0.3 is 19.3 Å². The van der Waals surface area contributed by atoms with Gasteiger partial charge in [-0.2, -0.15) is 0 Å². The first-order valence-corrected chi connectivity index (χ1v) is 8.62. The molecule has 0 unspecified atom stereocenters. The maximum atomic E-state index is 12.3. The number of carboxylic acid groups (broad SMARTS) is 1. The highest BCUT2D eigenvalue weighted by Crippen LogP contribution is 2.32. The van der Waals surface area contributed by atoms with Gasteiger partial charge in [-0.05, 0) is 54.9 Å². The molecule has 0 bridgehead atoms. The number of ether oxygens (including phenoxy) is 3. The first kappa shape index (κ1) is 19.4. The number of benzene rings is 1. The molecular weight excluding hydrogens is 394 g/mol. The predicted octanol–water partition coefficient (Wildman–Crippen LogP) is 3.30. The molecule has 2 atom stereocenters. The van der Waals surface area contributed by atoms with E-state index in [2.05, 4.69) is 15.9 Å². The first-order chi connectivity index (χ1) is 11.6. The summed E-state index contributed by atoms with van der Waals surface area (Å²) >= 11 is 3.40. The van der Waals surface area contributed by atoms with E-state index in [0.717, 1.165) is 0 Å². The average Bonchev–Trinajstić information content (AvgIpc) is 2.92. The second kappa shape index (κ2) is 7.51. The van der Waals surface area contributed by atoms with Crippen LogP contribution in [0.3, 0.4) is 0 Å². The lowest BCUT2D eigenvalue weighted by Gasteiger charge is -2.26. The largest absolute Gasteiger partial charge is 0.497 e. The van der Waals surface area contributed by atoms with Crippen LogP contribution in [-0.4, -0.2) is 53.5 Å². The normalized spacial score (nSPS) is 20.3. The van der Waals surface area contributed by atoms with Gasteiger partial charge in [0.05, 0.1) is 18.1 Å². The molecule has 0 aromatic heterocycles. The Morgan fingerprint density at radius 1 is 1.32 bits per heavy atom. The highest BCUT2D eigenvalue weighted by Gasteiger charge is 2.42. The zero-order valence-corrected chi connectivity index (χ0v) is 16.2. The third kappa shape index (κ3) is 5.01. The second-order valence-electron chi connectivity index (χ2n) is 6.76. The van der Waals surface area contributed by atoms with Gasteiger partial charge in [0.15, 0.2) is 0 Å². The molecule has 1 amide bonds. The van der Waals surface area contributed by atoms with Gasteiger partial charge >= 0.3 is 12.1 Å². The van der Waals surface area contributed by atoms with Crippen molar-refractivity contribution in [2.24, 2.45) is 0 Å². The molecule has 0 saturated carbocycles. The lowest BCUT2D eigenvalue weighted by atomic mass is 10.2. The minimum absolute atomic E-state index is 0.143. The third-order valence-electron chi connectivity index (χ3n) is 3.61. The lowest BCUT2D eigenvalue weighted by molar-refractivity contribution is -0.142. The summed E-state index contributed by atoms with van der Waals surface area (Å²) in [7, 11) is 1.56. The molecular formula is C17H22BrNO6. The molecule has 1 N–H and O–H groups in total. The fourth-order valence-corrected chi connectivity index (χ4v) is 2.97. The van der Waals surface area contributed by atoms with Crippen LogP contribution in [0.2, 0.25) is 0 Å². The summed E-state index contributed by atoms with van der Waals surface area (Å²) in [5, 5.41) is 9.41. The summed E-state index contributed by atoms with van der Waals surface area (Å²) in [6.07, 6.45) is -0.911. The van der Waals surface area contributed by atoms with E-state index in [1.807, 2.05) is 0 Å². The van der Waals surface area contributed by atoms with E-state index < -0.39 is 29.8 Å². The van der Waals surface area contributed by atoms with Crippen LogP contribution in [0.15, 0.2) is 22.7 Å². The monoisotopic (exact) mass is 415 g/mol. The van der Waals surface area contributed by atoms with Crippen molar-refractivity contribution in [3.8, 4) is 11.5 Å². The van der Waals surface area contributed by atoms with Crippen molar-refractivity contribution in [3.05, 3.63) is 22.7 Å². The molecule has 0 spiro atoms. The number of amides is 1. The zero-order valence-electron chi connectivity index (χ0n) is 14.6. The average molecular weight is 416 g/mol. The molecule has 1 saturated heterocycles. The number of nitrogens with zero attached hydrogens (tertiary/aromatic N) is 1. The maximum Gasteiger partial charge on any atom is 0.411 e.